The standard InChI is InChI=1S/C53H89FN6O14/c1-16-41-53(9,67)46(62)33(5)59(13)28-30(2)25-51(7,66)42(24-40(32(4)49(65)73-41)72-43-26-52(8,69-15)47(63)34(6)71-43)74-50-44(61)38(23-31(3)70-50)58(12)22-21-37-29-60(56-55-37)39(27-54)45(68-14)35-17-19-36(20-18-35)48(64)57(10)11/h17-20,29-34,38-47,50,61-63,66-67H,16,21-28H2,1-15H3/t30-,31-,32-,33-,34+,38+,39-,40+,41-,42-,43+,44-,45-,46-,47+,50+,51-,52-,53-/m1/s1. The minimum atomic E-state index is -1.85. The number of rotatable bonds is 16. The van der Waals surface area contributed by atoms with Crippen LogP contribution in [0.1, 0.15) is 128 Å². The third-order valence-electron chi connectivity index (χ3n) is 16.0. The van der Waals surface area contributed by atoms with Gasteiger partial charge < -0.3 is 73.4 Å². The van der Waals surface area contributed by atoms with Crippen molar-refractivity contribution in [2.75, 3.05) is 62.2 Å². The Kier molecular flexibility index (Phi) is 21.6. The van der Waals surface area contributed by atoms with Crippen LogP contribution in [0.4, 0.5) is 4.39 Å². The maximum absolute atomic E-state index is 14.8. The van der Waals surface area contributed by atoms with Crippen LogP contribution in [0.3, 0.4) is 0 Å². The highest BCUT2D eigenvalue weighted by atomic mass is 19.1. The van der Waals surface area contributed by atoms with Crippen LogP contribution < -0.4 is 0 Å². The van der Waals surface area contributed by atoms with Crippen LogP contribution in [0.5, 0.6) is 0 Å². The van der Waals surface area contributed by atoms with Crippen molar-refractivity contribution in [1.29, 1.82) is 0 Å². The maximum atomic E-state index is 14.8. The zero-order valence-corrected chi connectivity index (χ0v) is 46.5. The van der Waals surface area contributed by atoms with Gasteiger partial charge in [-0.15, -0.1) is 5.10 Å². The topological polar surface area (TPSA) is 240 Å². The number of esters is 1. The molecule has 0 unspecified atom stereocenters. The summed E-state index contributed by atoms with van der Waals surface area (Å²) in [6, 6.07) is 4.90. The summed E-state index contributed by atoms with van der Waals surface area (Å²) in [4.78, 5) is 32.2. The van der Waals surface area contributed by atoms with Crippen LogP contribution >= 0.6 is 0 Å². The molecule has 2 aromatic rings. The van der Waals surface area contributed by atoms with Crippen molar-refractivity contribution in [3.8, 4) is 0 Å². The largest absolute Gasteiger partial charge is 0.459 e. The number of cyclic esters (lactones) is 1. The predicted molar refractivity (Wildman–Crippen MR) is 272 cm³/mol. The van der Waals surface area contributed by atoms with Crippen LogP contribution in [0, 0.1) is 11.8 Å². The average molecular weight is 1050 g/mol. The van der Waals surface area contributed by atoms with Crippen LogP contribution in [-0.2, 0) is 44.4 Å². The highest BCUT2D eigenvalue weighted by Gasteiger charge is 2.51. The summed E-state index contributed by atoms with van der Waals surface area (Å²) in [6.07, 6.45) is -8.20. The van der Waals surface area contributed by atoms with Gasteiger partial charge in [0, 0.05) is 84.5 Å². The number of ether oxygens (including phenoxy) is 7. The summed E-state index contributed by atoms with van der Waals surface area (Å²) in [5.41, 5.74) is -2.83. The molecule has 5 N–H and O–H groups in total. The third kappa shape index (κ3) is 14.4. The van der Waals surface area contributed by atoms with Crippen molar-refractivity contribution in [2.45, 2.75) is 203 Å². The molecule has 3 aliphatic heterocycles. The lowest BCUT2D eigenvalue weighted by atomic mass is 9.83. The number of halogens is 1. The molecule has 0 spiro atoms. The molecule has 5 rings (SSSR count). The van der Waals surface area contributed by atoms with Crippen LogP contribution in [0.25, 0.3) is 0 Å². The zero-order valence-electron chi connectivity index (χ0n) is 46.5. The Morgan fingerprint density at radius 1 is 0.959 bits per heavy atom. The summed E-state index contributed by atoms with van der Waals surface area (Å²) in [7, 11) is 10.0. The lowest BCUT2D eigenvalue weighted by Crippen LogP contribution is -2.59. The van der Waals surface area contributed by atoms with E-state index in [0.717, 1.165) is 0 Å². The van der Waals surface area contributed by atoms with E-state index in [1.807, 2.05) is 37.7 Å². The predicted octanol–water partition coefficient (Wildman–Crippen LogP) is 3.46. The second kappa shape index (κ2) is 25.9. The number of carbonyl (C=O) groups is 2. The molecule has 1 aromatic heterocycles. The van der Waals surface area contributed by atoms with Gasteiger partial charge in [-0.25, -0.2) is 9.07 Å². The number of aliphatic hydroxyl groups excluding tert-OH is 3. The Morgan fingerprint density at radius 3 is 2.22 bits per heavy atom. The first-order valence-electron chi connectivity index (χ1n) is 26.2. The quantitative estimate of drug-likeness (QED) is 0.151. The zero-order chi connectivity index (χ0) is 55.2. The summed E-state index contributed by atoms with van der Waals surface area (Å²) in [5.74, 6) is -2.17. The Bertz CT molecular complexity index is 2080. The fraction of sp³-hybridized carbons (Fsp3) is 0.811. The van der Waals surface area contributed by atoms with Crippen molar-refractivity contribution in [3.05, 3.63) is 47.3 Å². The van der Waals surface area contributed by atoms with E-state index in [-0.39, 0.29) is 37.5 Å². The molecular formula is C53H89FN6O14. The molecule has 1 amide bonds. The number of likely N-dealkylation sites (N-methyl/N-ethyl adjacent to an activating group) is 2. The molecular weight excluding hydrogens is 964 g/mol. The molecule has 1 aromatic carbocycles. The SMILES string of the molecule is CC[C@H]1OC(=O)[C@H](C)[C@@H](O[C@H]2C[C@@](C)(OC)[C@@H](O)[C@H](C)O2)C[C@@H](O[C@@H]2O[C@H](C)C[C@H](N(C)CCc3cn([C@H](CF)[C@H](OC)c4ccc(C(=O)N(C)C)cc4)nn3)[C@H]2O)[C@](C)(O)C[C@@H](C)CN(C)[C@H](C)[C@@H](O)[C@]1(C)O. The van der Waals surface area contributed by atoms with E-state index in [0.29, 0.717) is 42.8 Å². The van der Waals surface area contributed by atoms with Crippen molar-refractivity contribution in [1.82, 2.24) is 29.7 Å². The fourth-order valence-corrected chi connectivity index (χ4v) is 11.0. The minimum absolute atomic E-state index is 0.0846. The normalized spacial score (nSPS) is 38.2. The van der Waals surface area contributed by atoms with E-state index in [2.05, 4.69) is 10.3 Å². The van der Waals surface area contributed by atoms with Crippen molar-refractivity contribution in [2.24, 2.45) is 11.8 Å². The number of benzene rings is 1. The molecule has 3 saturated heterocycles. The molecule has 0 radical (unpaired) electrons. The van der Waals surface area contributed by atoms with Crippen LogP contribution in [-0.4, -0.2) is 220 Å². The smallest absolute Gasteiger partial charge is 0.311 e. The molecule has 21 heteroatoms. The second-order valence-electron chi connectivity index (χ2n) is 22.3. The Labute approximate surface area is 437 Å². The molecule has 0 bridgehead atoms. The number of aromatic nitrogens is 3. The first-order chi connectivity index (χ1) is 34.6. The highest BCUT2D eigenvalue weighted by Crippen LogP contribution is 2.39. The van der Waals surface area contributed by atoms with Crippen molar-refractivity contribution < 1.29 is 72.7 Å². The van der Waals surface area contributed by atoms with E-state index in [4.69, 9.17) is 33.2 Å². The van der Waals surface area contributed by atoms with Gasteiger partial charge in [0.05, 0.1) is 47.2 Å². The van der Waals surface area contributed by atoms with Gasteiger partial charge in [0.1, 0.15) is 48.8 Å². The number of carbonyl (C=O) groups excluding carboxylic acids is 2. The molecule has 422 valence electrons. The molecule has 3 aliphatic rings. The molecule has 19 atom stereocenters. The van der Waals surface area contributed by atoms with E-state index >= 15 is 0 Å². The number of hydrogen-bond donors (Lipinski definition) is 5. The number of hydrogen-bond acceptors (Lipinski definition) is 18. The van der Waals surface area contributed by atoms with Crippen molar-refractivity contribution >= 4 is 11.9 Å². The molecule has 0 saturated carbocycles. The van der Waals surface area contributed by atoms with Gasteiger partial charge in [0.2, 0.25) is 0 Å². The number of nitrogens with zero attached hydrogens (tertiary/aromatic N) is 6. The number of methoxy groups -OCH3 is 2. The lowest BCUT2D eigenvalue weighted by molar-refractivity contribution is -0.308. The summed E-state index contributed by atoms with van der Waals surface area (Å²) < 4.78 is 59.9. The lowest BCUT2D eigenvalue weighted by Gasteiger charge is -2.47. The minimum Gasteiger partial charge on any atom is -0.459 e. The van der Waals surface area contributed by atoms with Gasteiger partial charge in [0.25, 0.3) is 5.91 Å². The summed E-state index contributed by atoms with van der Waals surface area (Å²) in [5, 5.41) is 68.1. The van der Waals surface area contributed by atoms with Crippen molar-refractivity contribution in [3.63, 3.8) is 0 Å². The van der Waals surface area contributed by atoms with Gasteiger partial charge in [-0.1, -0.05) is 31.2 Å². The van der Waals surface area contributed by atoms with E-state index < -0.39 is 121 Å². The molecule has 4 heterocycles. The average Bonchev–Trinajstić information content (AvgIpc) is 3.82. The fourth-order valence-electron chi connectivity index (χ4n) is 11.0. The molecule has 74 heavy (non-hydrogen) atoms. The Hall–Kier alpha value is -3.29. The molecule has 0 aliphatic carbocycles. The summed E-state index contributed by atoms with van der Waals surface area (Å²) in [6.45, 7) is 15.5. The first kappa shape index (κ1) is 61.6. The van der Waals surface area contributed by atoms with E-state index in [1.54, 1.807) is 86.1 Å². The van der Waals surface area contributed by atoms with Gasteiger partial charge in [-0.05, 0) is 105 Å². The van der Waals surface area contributed by atoms with Crippen LogP contribution in [0.2, 0.25) is 0 Å². The number of aliphatic hydroxyl groups is 5. The van der Waals surface area contributed by atoms with Gasteiger partial charge in [-0.2, -0.15) is 0 Å². The summed E-state index contributed by atoms with van der Waals surface area (Å²) >= 11 is 0. The third-order valence-corrected chi connectivity index (χ3v) is 16.0. The first-order valence-corrected chi connectivity index (χ1v) is 26.2. The Balaban J connectivity index is 1.41. The maximum Gasteiger partial charge on any atom is 0.311 e. The van der Waals surface area contributed by atoms with Gasteiger partial charge in [-0.3, -0.25) is 9.59 Å². The van der Waals surface area contributed by atoms with E-state index in [1.165, 1.54) is 30.7 Å². The van der Waals surface area contributed by atoms with Gasteiger partial charge in [0.15, 0.2) is 12.6 Å². The highest BCUT2D eigenvalue weighted by molar-refractivity contribution is 5.93. The van der Waals surface area contributed by atoms with Crippen LogP contribution in [0.15, 0.2) is 30.5 Å². The Morgan fingerprint density at radius 2 is 1.62 bits per heavy atom. The van der Waals surface area contributed by atoms with E-state index in [9.17, 15) is 39.5 Å². The molecule has 20 nitrogen and oxygen atoms in total. The number of alkyl halides is 1. The molecule has 3 fully saturated rings. The van der Waals surface area contributed by atoms with Gasteiger partial charge >= 0.3 is 5.97 Å². The monoisotopic (exact) mass is 1050 g/mol. The number of amides is 1. The second-order valence-corrected chi connectivity index (χ2v) is 22.3.